The van der Waals surface area contributed by atoms with Gasteiger partial charge in [-0.3, -0.25) is 4.79 Å². The van der Waals surface area contributed by atoms with E-state index in [0.29, 0.717) is 11.4 Å². The second kappa shape index (κ2) is 5.27. The van der Waals surface area contributed by atoms with Gasteiger partial charge in [-0.2, -0.15) is 5.26 Å². The van der Waals surface area contributed by atoms with E-state index in [2.05, 4.69) is 16.4 Å². The molecular formula is C20H15N3O3. The molecule has 128 valence electrons. The van der Waals surface area contributed by atoms with E-state index in [0.717, 1.165) is 40.7 Å². The first-order chi connectivity index (χ1) is 12.7. The number of carbonyl (C=O) groups excluding carboxylic acids is 1. The molecule has 1 aliphatic heterocycles. The SMILES string of the molecule is N#Cc1cc2cc(NC(=O)C3(c4ccc5c(c4)OCO5)CC3)ccc2[nH]1. The molecule has 3 aromatic rings. The predicted molar refractivity (Wildman–Crippen MR) is 95.1 cm³/mol. The predicted octanol–water partition coefficient (Wildman–Crippen LogP) is 3.44. The molecule has 0 bridgehead atoms. The number of nitrogens with one attached hydrogen (secondary N) is 2. The second-order valence-electron chi connectivity index (χ2n) is 6.70. The number of fused-ring (bicyclic) bond motifs is 2. The number of rotatable bonds is 3. The number of aromatic amines is 1. The first-order valence-electron chi connectivity index (χ1n) is 8.42. The Morgan fingerprint density at radius 3 is 2.77 bits per heavy atom. The number of aromatic nitrogens is 1. The number of ether oxygens (including phenoxy) is 2. The maximum Gasteiger partial charge on any atom is 0.235 e. The number of amides is 1. The van der Waals surface area contributed by atoms with Crippen LogP contribution in [-0.2, 0) is 10.2 Å². The number of anilines is 1. The number of hydrogen-bond acceptors (Lipinski definition) is 4. The minimum atomic E-state index is -0.508. The quantitative estimate of drug-likeness (QED) is 0.761. The number of nitriles is 1. The van der Waals surface area contributed by atoms with Crippen LogP contribution in [0.4, 0.5) is 5.69 Å². The molecule has 2 N–H and O–H groups in total. The Hall–Kier alpha value is -3.46. The van der Waals surface area contributed by atoms with Crippen molar-refractivity contribution in [1.29, 1.82) is 5.26 Å². The van der Waals surface area contributed by atoms with Gasteiger partial charge in [0.05, 0.1) is 5.41 Å². The molecule has 6 nitrogen and oxygen atoms in total. The summed E-state index contributed by atoms with van der Waals surface area (Å²) in [4.78, 5) is 16.0. The summed E-state index contributed by atoms with van der Waals surface area (Å²) >= 11 is 0. The van der Waals surface area contributed by atoms with E-state index in [9.17, 15) is 4.79 Å². The molecule has 26 heavy (non-hydrogen) atoms. The molecule has 1 saturated carbocycles. The summed E-state index contributed by atoms with van der Waals surface area (Å²) in [5.41, 5.74) is 2.54. The Bertz CT molecular complexity index is 1090. The van der Waals surface area contributed by atoms with Crippen LogP contribution in [0.15, 0.2) is 42.5 Å². The number of hydrogen-bond donors (Lipinski definition) is 2. The van der Waals surface area contributed by atoms with Gasteiger partial charge in [0.15, 0.2) is 11.5 Å². The summed E-state index contributed by atoms with van der Waals surface area (Å²) in [6.45, 7) is 0.222. The molecule has 0 spiro atoms. The summed E-state index contributed by atoms with van der Waals surface area (Å²) in [5.74, 6) is 1.39. The summed E-state index contributed by atoms with van der Waals surface area (Å²) < 4.78 is 10.8. The van der Waals surface area contributed by atoms with Crippen LogP contribution in [0.3, 0.4) is 0 Å². The van der Waals surface area contributed by atoms with E-state index < -0.39 is 5.41 Å². The molecular weight excluding hydrogens is 330 g/mol. The summed E-state index contributed by atoms with van der Waals surface area (Å²) in [6, 6.07) is 15.2. The van der Waals surface area contributed by atoms with Gasteiger partial charge in [-0.1, -0.05) is 6.07 Å². The minimum Gasteiger partial charge on any atom is -0.454 e. The van der Waals surface area contributed by atoms with Crippen LogP contribution in [0.25, 0.3) is 10.9 Å². The molecule has 0 radical (unpaired) electrons. The van der Waals surface area contributed by atoms with Crippen molar-refractivity contribution in [2.75, 3.05) is 12.1 Å². The largest absolute Gasteiger partial charge is 0.454 e. The lowest BCUT2D eigenvalue weighted by molar-refractivity contribution is -0.118. The first-order valence-corrected chi connectivity index (χ1v) is 8.42. The second-order valence-corrected chi connectivity index (χ2v) is 6.70. The van der Waals surface area contributed by atoms with Gasteiger partial charge >= 0.3 is 0 Å². The highest BCUT2D eigenvalue weighted by atomic mass is 16.7. The van der Waals surface area contributed by atoms with E-state index in [-0.39, 0.29) is 12.7 Å². The van der Waals surface area contributed by atoms with Crippen molar-refractivity contribution < 1.29 is 14.3 Å². The van der Waals surface area contributed by atoms with Crippen molar-refractivity contribution in [3.05, 3.63) is 53.7 Å². The lowest BCUT2D eigenvalue weighted by atomic mass is 9.94. The van der Waals surface area contributed by atoms with Gasteiger partial charge in [-0.25, -0.2) is 0 Å². The molecule has 2 aromatic carbocycles. The third-order valence-corrected chi connectivity index (χ3v) is 5.11. The van der Waals surface area contributed by atoms with Crippen molar-refractivity contribution in [2.45, 2.75) is 18.3 Å². The smallest absolute Gasteiger partial charge is 0.235 e. The molecule has 2 heterocycles. The fraction of sp³-hybridized carbons (Fsp3) is 0.200. The van der Waals surface area contributed by atoms with Gasteiger partial charge in [0.1, 0.15) is 11.8 Å². The van der Waals surface area contributed by atoms with Crippen LogP contribution < -0.4 is 14.8 Å². The summed E-state index contributed by atoms with van der Waals surface area (Å²) in [6.07, 6.45) is 1.62. The number of nitrogens with zero attached hydrogens (tertiary/aromatic N) is 1. The maximum absolute atomic E-state index is 13.0. The fourth-order valence-corrected chi connectivity index (χ4v) is 3.49. The van der Waals surface area contributed by atoms with Gasteiger partial charge < -0.3 is 19.8 Å². The Balaban J connectivity index is 1.42. The maximum atomic E-state index is 13.0. The van der Waals surface area contributed by atoms with Gasteiger partial charge in [0, 0.05) is 16.6 Å². The standard InChI is InChI=1S/C20H15N3O3/c21-10-15-8-12-7-14(2-3-16(12)22-15)23-19(24)20(5-6-20)13-1-4-17-18(9-13)26-11-25-17/h1-4,7-9,22H,5-6,11H2,(H,23,24). The summed E-state index contributed by atoms with van der Waals surface area (Å²) in [7, 11) is 0. The van der Waals surface area contributed by atoms with E-state index in [4.69, 9.17) is 14.7 Å². The topological polar surface area (TPSA) is 87.1 Å². The highest BCUT2D eigenvalue weighted by molar-refractivity contribution is 6.02. The number of carbonyl (C=O) groups is 1. The van der Waals surface area contributed by atoms with E-state index in [1.54, 1.807) is 6.07 Å². The third kappa shape index (κ3) is 2.21. The van der Waals surface area contributed by atoms with Crippen LogP contribution in [0, 0.1) is 11.3 Å². The van der Waals surface area contributed by atoms with E-state index in [1.165, 1.54) is 0 Å². The molecule has 6 heteroatoms. The van der Waals surface area contributed by atoms with Crippen LogP contribution >= 0.6 is 0 Å². The fourth-order valence-electron chi connectivity index (χ4n) is 3.49. The molecule has 1 amide bonds. The zero-order valence-corrected chi connectivity index (χ0v) is 13.8. The minimum absolute atomic E-state index is 0.0215. The Morgan fingerprint density at radius 1 is 1.12 bits per heavy atom. The zero-order chi connectivity index (χ0) is 17.7. The molecule has 1 aromatic heterocycles. The summed E-state index contributed by atoms with van der Waals surface area (Å²) in [5, 5.41) is 12.9. The number of benzene rings is 2. The van der Waals surface area contributed by atoms with Crippen molar-refractivity contribution >= 4 is 22.5 Å². The number of H-pyrrole nitrogens is 1. The molecule has 0 unspecified atom stereocenters. The molecule has 1 aliphatic carbocycles. The van der Waals surface area contributed by atoms with Crippen LogP contribution in [0.2, 0.25) is 0 Å². The third-order valence-electron chi connectivity index (χ3n) is 5.11. The lowest BCUT2D eigenvalue weighted by Gasteiger charge is -2.16. The molecule has 2 aliphatic rings. The van der Waals surface area contributed by atoms with Crippen LogP contribution in [-0.4, -0.2) is 17.7 Å². The van der Waals surface area contributed by atoms with Gasteiger partial charge in [0.25, 0.3) is 0 Å². The van der Waals surface area contributed by atoms with Gasteiger partial charge in [-0.15, -0.1) is 0 Å². The van der Waals surface area contributed by atoms with E-state index in [1.807, 2.05) is 36.4 Å². The van der Waals surface area contributed by atoms with Crippen molar-refractivity contribution in [2.24, 2.45) is 0 Å². The van der Waals surface area contributed by atoms with Crippen LogP contribution in [0.1, 0.15) is 24.1 Å². The highest BCUT2D eigenvalue weighted by Crippen LogP contribution is 2.51. The Labute approximate surface area is 149 Å². The monoisotopic (exact) mass is 345 g/mol. The Kier molecular flexibility index (Phi) is 3.01. The highest BCUT2D eigenvalue weighted by Gasteiger charge is 2.51. The Morgan fingerprint density at radius 2 is 1.96 bits per heavy atom. The average molecular weight is 345 g/mol. The van der Waals surface area contributed by atoms with Crippen molar-refractivity contribution in [1.82, 2.24) is 4.98 Å². The molecule has 1 fully saturated rings. The van der Waals surface area contributed by atoms with E-state index >= 15 is 0 Å². The molecule has 0 atom stereocenters. The first kappa shape index (κ1) is 14.8. The van der Waals surface area contributed by atoms with Crippen molar-refractivity contribution in [3.63, 3.8) is 0 Å². The van der Waals surface area contributed by atoms with Crippen LogP contribution in [0.5, 0.6) is 11.5 Å². The lowest BCUT2D eigenvalue weighted by Crippen LogP contribution is -2.27. The van der Waals surface area contributed by atoms with Gasteiger partial charge in [0.2, 0.25) is 12.7 Å². The molecule has 0 saturated heterocycles. The molecule has 5 rings (SSSR count). The normalized spacial score (nSPS) is 16.3. The van der Waals surface area contributed by atoms with Gasteiger partial charge in [-0.05, 0) is 54.8 Å². The van der Waals surface area contributed by atoms with Crippen molar-refractivity contribution in [3.8, 4) is 17.6 Å². The zero-order valence-electron chi connectivity index (χ0n) is 13.8. The average Bonchev–Trinajstić information content (AvgIpc) is 3.16.